The van der Waals surface area contributed by atoms with Crippen molar-refractivity contribution in [3.05, 3.63) is 29.8 Å². The molecule has 1 atom stereocenters. The van der Waals surface area contributed by atoms with Gasteiger partial charge < -0.3 is 10.2 Å². The first-order valence-electron chi connectivity index (χ1n) is 7.17. The quantitative estimate of drug-likeness (QED) is 0.759. The van der Waals surface area contributed by atoms with Crippen molar-refractivity contribution < 1.29 is 8.42 Å². The number of hydrogen-bond donors (Lipinski definition) is 2. The van der Waals surface area contributed by atoms with Crippen LogP contribution in [-0.4, -0.2) is 47.0 Å². The van der Waals surface area contributed by atoms with E-state index in [0.29, 0.717) is 11.4 Å². The van der Waals surface area contributed by atoms with E-state index in [1.54, 1.807) is 12.1 Å². The van der Waals surface area contributed by atoms with Crippen LogP contribution in [0.1, 0.15) is 19.4 Å². The lowest BCUT2D eigenvalue weighted by atomic mass is 10.1. The highest BCUT2D eigenvalue weighted by Crippen LogP contribution is 2.13. The van der Waals surface area contributed by atoms with E-state index in [1.165, 1.54) is 0 Å². The Balaban J connectivity index is 2.88. The fraction of sp³-hybridized carbons (Fsp3) is 0.600. The van der Waals surface area contributed by atoms with Crippen molar-refractivity contribution in [1.29, 1.82) is 0 Å². The minimum Gasteiger partial charge on any atom is -0.316 e. The summed E-state index contributed by atoms with van der Waals surface area (Å²) in [5.74, 6) is 0.228. The Labute approximate surface area is 128 Å². The van der Waals surface area contributed by atoms with E-state index in [2.05, 4.69) is 10.0 Å². The molecule has 0 aliphatic carbocycles. The number of hydrogen-bond acceptors (Lipinski definition) is 4. The van der Waals surface area contributed by atoms with E-state index < -0.39 is 10.0 Å². The minimum absolute atomic E-state index is 0.109. The molecule has 0 saturated carbocycles. The number of nitrogens with zero attached hydrogens (tertiary/aromatic N) is 1. The summed E-state index contributed by atoms with van der Waals surface area (Å²) < 4.78 is 27.7. The fourth-order valence-electron chi connectivity index (χ4n) is 2.04. The molecular weight excluding hydrogens is 286 g/mol. The molecule has 0 radical (unpaired) electrons. The molecule has 120 valence electrons. The van der Waals surface area contributed by atoms with Crippen molar-refractivity contribution in [2.24, 2.45) is 5.92 Å². The summed E-state index contributed by atoms with van der Waals surface area (Å²) in [5, 5.41) is 3.04. The third-order valence-electron chi connectivity index (χ3n) is 3.29. The number of likely N-dealkylation sites (N-methyl/N-ethyl adjacent to an activating group) is 1. The molecule has 0 fully saturated rings. The maximum Gasteiger partial charge on any atom is 0.240 e. The third-order valence-corrected chi connectivity index (χ3v) is 4.79. The fourth-order valence-corrected chi connectivity index (χ4v) is 3.41. The lowest BCUT2D eigenvalue weighted by molar-refractivity contribution is 0.314. The van der Waals surface area contributed by atoms with Gasteiger partial charge in [0.1, 0.15) is 0 Å². The lowest BCUT2D eigenvalue weighted by Crippen LogP contribution is -2.44. The molecular formula is C15H27N3O2S. The Kier molecular flexibility index (Phi) is 6.80. The van der Waals surface area contributed by atoms with Gasteiger partial charge in [0.15, 0.2) is 0 Å². The van der Waals surface area contributed by atoms with E-state index in [1.807, 2.05) is 52.0 Å². The largest absolute Gasteiger partial charge is 0.316 e. The molecule has 0 bridgehead atoms. The van der Waals surface area contributed by atoms with Gasteiger partial charge >= 0.3 is 0 Å². The van der Waals surface area contributed by atoms with Gasteiger partial charge in [0.25, 0.3) is 0 Å². The van der Waals surface area contributed by atoms with Crippen LogP contribution in [0.15, 0.2) is 29.2 Å². The van der Waals surface area contributed by atoms with Gasteiger partial charge in [-0.25, -0.2) is 13.1 Å². The van der Waals surface area contributed by atoms with E-state index in [-0.39, 0.29) is 12.0 Å². The van der Waals surface area contributed by atoms with Crippen LogP contribution >= 0.6 is 0 Å². The van der Waals surface area contributed by atoms with Gasteiger partial charge in [-0.1, -0.05) is 26.0 Å². The first-order valence-corrected chi connectivity index (χ1v) is 8.65. The summed E-state index contributed by atoms with van der Waals surface area (Å²) >= 11 is 0. The van der Waals surface area contributed by atoms with Crippen molar-refractivity contribution in [2.45, 2.75) is 31.3 Å². The predicted molar refractivity (Wildman–Crippen MR) is 86.7 cm³/mol. The summed E-state index contributed by atoms with van der Waals surface area (Å²) in [6, 6.07) is 6.87. The summed E-state index contributed by atoms with van der Waals surface area (Å²) in [5.41, 5.74) is 1.06. The minimum atomic E-state index is -3.48. The molecule has 1 aromatic rings. The van der Waals surface area contributed by atoms with Gasteiger partial charge in [-0.05, 0) is 44.8 Å². The SMILES string of the molecule is CNCc1ccc(S(=O)(=O)NC(CN(C)C)C(C)C)cc1. The van der Waals surface area contributed by atoms with Crippen LogP contribution in [0.2, 0.25) is 0 Å². The molecule has 0 aliphatic heterocycles. The van der Waals surface area contributed by atoms with Gasteiger partial charge in [-0.2, -0.15) is 0 Å². The average molecular weight is 313 g/mol. The molecule has 0 amide bonds. The zero-order valence-corrected chi connectivity index (χ0v) is 14.4. The zero-order valence-electron chi connectivity index (χ0n) is 13.6. The van der Waals surface area contributed by atoms with E-state index in [0.717, 1.165) is 12.1 Å². The van der Waals surface area contributed by atoms with Gasteiger partial charge in [0.2, 0.25) is 10.0 Å². The molecule has 0 saturated heterocycles. The first kappa shape index (κ1) is 18.1. The molecule has 0 aromatic heterocycles. The molecule has 0 heterocycles. The van der Waals surface area contributed by atoms with Gasteiger partial charge in [-0.3, -0.25) is 0 Å². The molecule has 0 aliphatic rings. The number of nitrogens with one attached hydrogen (secondary N) is 2. The predicted octanol–water partition coefficient (Wildman–Crippen LogP) is 1.27. The summed E-state index contributed by atoms with van der Waals surface area (Å²) in [7, 11) is 2.26. The molecule has 1 rings (SSSR count). The summed E-state index contributed by atoms with van der Waals surface area (Å²) in [4.78, 5) is 2.30. The second kappa shape index (κ2) is 7.89. The van der Waals surface area contributed by atoms with Crippen LogP contribution in [0.25, 0.3) is 0 Å². The van der Waals surface area contributed by atoms with E-state index in [9.17, 15) is 8.42 Å². The van der Waals surface area contributed by atoms with Crippen molar-refractivity contribution in [3.8, 4) is 0 Å². The summed E-state index contributed by atoms with van der Waals surface area (Å²) in [6.45, 7) is 5.44. The van der Waals surface area contributed by atoms with Gasteiger partial charge in [-0.15, -0.1) is 0 Å². The van der Waals surface area contributed by atoms with Crippen LogP contribution in [0, 0.1) is 5.92 Å². The molecule has 1 aromatic carbocycles. The van der Waals surface area contributed by atoms with Crippen molar-refractivity contribution in [2.75, 3.05) is 27.7 Å². The topological polar surface area (TPSA) is 61.4 Å². The molecule has 21 heavy (non-hydrogen) atoms. The van der Waals surface area contributed by atoms with Gasteiger partial charge in [0, 0.05) is 19.1 Å². The standard InChI is InChI=1S/C15H27N3O2S/c1-12(2)15(11-18(4)5)17-21(19,20)14-8-6-13(7-9-14)10-16-3/h6-9,12,15-17H,10-11H2,1-5H3. The van der Waals surface area contributed by atoms with Crippen molar-refractivity contribution >= 4 is 10.0 Å². The summed E-state index contributed by atoms with van der Waals surface area (Å²) in [6.07, 6.45) is 0. The normalized spacial score (nSPS) is 13.9. The highest BCUT2D eigenvalue weighted by Gasteiger charge is 2.22. The van der Waals surface area contributed by atoms with Crippen LogP contribution < -0.4 is 10.0 Å². The molecule has 0 spiro atoms. The molecule has 2 N–H and O–H groups in total. The van der Waals surface area contributed by atoms with Crippen LogP contribution in [0.5, 0.6) is 0 Å². The number of sulfonamides is 1. The highest BCUT2D eigenvalue weighted by atomic mass is 32.2. The van der Waals surface area contributed by atoms with E-state index >= 15 is 0 Å². The monoisotopic (exact) mass is 313 g/mol. The second-order valence-corrected chi connectivity index (χ2v) is 7.62. The molecule has 5 nitrogen and oxygen atoms in total. The van der Waals surface area contributed by atoms with Gasteiger partial charge in [0.05, 0.1) is 4.90 Å². The Hall–Kier alpha value is -0.950. The molecule has 1 unspecified atom stereocenters. The number of rotatable bonds is 8. The maximum atomic E-state index is 12.5. The van der Waals surface area contributed by atoms with Crippen LogP contribution in [-0.2, 0) is 16.6 Å². The number of benzene rings is 1. The van der Waals surface area contributed by atoms with Crippen LogP contribution in [0.3, 0.4) is 0 Å². The van der Waals surface area contributed by atoms with Crippen molar-refractivity contribution in [1.82, 2.24) is 14.9 Å². The van der Waals surface area contributed by atoms with E-state index in [4.69, 9.17) is 0 Å². The Morgan fingerprint density at radius 1 is 1.14 bits per heavy atom. The average Bonchev–Trinajstić information content (AvgIpc) is 2.38. The second-order valence-electron chi connectivity index (χ2n) is 5.91. The highest BCUT2D eigenvalue weighted by molar-refractivity contribution is 7.89. The first-order chi connectivity index (χ1) is 9.76. The Bertz CT molecular complexity index is 524. The van der Waals surface area contributed by atoms with Crippen LogP contribution in [0.4, 0.5) is 0 Å². The van der Waals surface area contributed by atoms with Crippen molar-refractivity contribution in [3.63, 3.8) is 0 Å². The Morgan fingerprint density at radius 3 is 2.14 bits per heavy atom. The molecule has 6 heteroatoms. The maximum absolute atomic E-state index is 12.5. The third kappa shape index (κ3) is 5.74. The lowest BCUT2D eigenvalue weighted by Gasteiger charge is -2.25. The Morgan fingerprint density at radius 2 is 1.71 bits per heavy atom. The zero-order chi connectivity index (χ0) is 16.0. The smallest absolute Gasteiger partial charge is 0.240 e.